The Morgan fingerprint density at radius 3 is 3.00 bits per heavy atom. The van der Waals surface area contributed by atoms with Crippen molar-refractivity contribution in [2.24, 2.45) is 0 Å². The lowest BCUT2D eigenvalue weighted by molar-refractivity contribution is 0.152. The van der Waals surface area contributed by atoms with E-state index in [0.29, 0.717) is 0 Å². The molecule has 2 rings (SSSR count). The number of rotatable bonds is 1. The summed E-state index contributed by atoms with van der Waals surface area (Å²) in [5, 5.41) is 8.98. The first-order chi connectivity index (χ1) is 6.36. The second kappa shape index (κ2) is 4.34. The van der Waals surface area contributed by atoms with Gasteiger partial charge in [-0.15, -0.1) is 10.2 Å². The zero-order valence-corrected chi connectivity index (χ0v) is 9.47. The highest BCUT2D eigenvalue weighted by atomic mass is 79.9. The largest absolute Gasteiger partial charge is 0.380 e. The topological polar surface area (TPSA) is 38.2 Å². The van der Waals surface area contributed by atoms with Crippen LogP contribution in [0.5, 0.6) is 0 Å². The van der Waals surface area contributed by atoms with Crippen molar-refractivity contribution in [2.45, 2.75) is 6.42 Å². The van der Waals surface area contributed by atoms with E-state index in [-0.39, 0.29) is 0 Å². The third-order valence-electron chi connectivity index (χ3n) is 1.88. The predicted octanol–water partition coefficient (Wildman–Crippen LogP) is 1.53. The maximum Gasteiger partial charge on any atom is 0.209 e. The average molecular weight is 264 g/mol. The molecule has 1 fully saturated rings. The van der Waals surface area contributed by atoms with Gasteiger partial charge in [-0.3, -0.25) is 0 Å². The number of hydrogen-bond donors (Lipinski definition) is 0. The van der Waals surface area contributed by atoms with Gasteiger partial charge < -0.3 is 9.64 Å². The van der Waals surface area contributed by atoms with Crippen molar-refractivity contribution in [3.63, 3.8) is 0 Å². The van der Waals surface area contributed by atoms with Gasteiger partial charge in [-0.25, -0.2) is 0 Å². The van der Waals surface area contributed by atoms with Crippen molar-refractivity contribution in [1.29, 1.82) is 0 Å². The second-order valence-corrected chi connectivity index (χ2v) is 5.02. The molecule has 0 spiro atoms. The third-order valence-corrected chi connectivity index (χ3v) is 3.30. The fraction of sp³-hybridized carbons (Fsp3) is 0.714. The van der Waals surface area contributed by atoms with Crippen LogP contribution in [0.2, 0.25) is 0 Å². The quantitative estimate of drug-likeness (QED) is 0.771. The fourth-order valence-corrected chi connectivity index (χ4v) is 2.40. The Labute approximate surface area is 89.0 Å². The maximum atomic E-state index is 5.36. The van der Waals surface area contributed by atoms with Gasteiger partial charge in [0.25, 0.3) is 0 Å². The van der Waals surface area contributed by atoms with E-state index in [0.717, 1.165) is 41.8 Å². The summed E-state index contributed by atoms with van der Waals surface area (Å²) in [7, 11) is 0. The summed E-state index contributed by atoms with van der Waals surface area (Å²) in [4.78, 5) is 2.22. The second-order valence-electron chi connectivity index (χ2n) is 2.79. The molecule has 1 aromatic heterocycles. The summed E-state index contributed by atoms with van der Waals surface area (Å²) in [5.74, 6) is 0. The Morgan fingerprint density at radius 2 is 2.23 bits per heavy atom. The van der Waals surface area contributed by atoms with Crippen LogP contribution in [-0.2, 0) is 4.74 Å². The van der Waals surface area contributed by atoms with Crippen LogP contribution in [0.1, 0.15) is 6.42 Å². The Kier molecular flexibility index (Phi) is 3.13. The zero-order chi connectivity index (χ0) is 9.10. The molecule has 1 aliphatic rings. The first-order valence-corrected chi connectivity index (χ1v) is 5.79. The average Bonchev–Trinajstić information content (AvgIpc) is 2.43. The van der Waals surface area contributed by atoms with E-state index in [9.17, 15) is 0 Å². The molecule has 6 heteroatoms. The van der Waals surface area contributed by atoms with E-state index >= 15 is 0 Å². The van der Waals surface area contributed by atoms with Crippen LogP contribution in [0.3, 0.4) is 0 Å². The fourth-order valence-electron chi connectivity index (χ4n) is 1.26. The molecule has 0 saturated carbocycles. The van der Waals surface area contributed by atoms with Crippen molar-refractivity contribution in [2.75, 3.05) is 31.2 Å². The highest BCUT2D eigenvalue weighted by Crippen LogP contribution is 2.24. The van der Waals surface area contributed by atoms with Crippen LogP contribution >= 0.6 is 27.3 Å². The van der Waals surface area contributed by atoms with Gasteiger partial charge in [0.05, 0.1) is 6.61 Å². The molecule has 1 aliphatic heterocycles. The molecule has 1 aromatic rings. The molecule has 0 radical (unpaired) electrons. The van der Waals surface area contributed by atoms with Crippen molar-refractivity contribution < 1.29 is 4.74 Å². The van der Waals surface area contributed by atoms with Gasteiger partial charge in [0.1, 0.15) is 0 Å². The van der Waals surface area contributed by atoms with Gasteiger partial charge in [0.2, 0.25) is 5.13 Å². The van der Waals surface area contributed by atoms with E-state index < -0.39 is 0 Å². The van der Waals surface area contributed by atoms with E-state index in [1.807, 2.05) is 0 Å². The van der Waals surface area contributed by atoms with Crippen molar-refractivity contribution >= 4 is 32.4 Å². The highest BCUT2D eigenvalue weighted by molar-refractivity contribution is 9.11. The Hall–Kier alpha value is -0.200. The molecular weight excluding hydrogens is 254 g/mol. The first kappa shape index (κ1) is 9.36. The van der Waals surface area contributed by atoms with Crippen LogP contribution in [0.4, 0.5) is 5.13 Å². The summed E-state index contributed by atoms with van der Waals surface area (Å²) in [6.07, 6.45) is 1.07. The molecule has 0 aromatic carbocycles. The minimum Gasteiger partial charge on any atom is -0.380 e. The summed E-state index contributed by atoms with van der Waals surface area (Å²) in [6, 6.07) is 0. The molecule has 0 aliphatic carbocycles. The highest BCUT2D eigenvalue weighted by Gasteiger charge is 2.13. The Bertz CT molecular complexity index is 272. The summed E-state index contributed by atoms with van der Waals surface area (Å²) >= 11 is 4.87. The van der Waals surface area contributed by atoms with Crippen molar-refractivity contribution in [3.05, 3.63) is 3.92 Å². The van der Waals surface area contributed by atoms with Crippen LogP contribution in [-0.4, -0.2) is 36.5 Å². The van der Waals surface area contributed by atoms with E-state index in [1.54, 1.807) is 11.3 Å². The SMILES string of the molecule is Brc1nnc(N2CCCOCC2)s1. The molecule has 4 nitrogen and oxygen atoms in total. The van der Waals surface area contributed by atoms with Crippen molar-refractivity contribution in [3.8, 4) is 0 Å². The summed E-state index contributed by atoms with van der Waals surface area (Å²) in [5.41, 5.74) is 0. The van der Waals surface area contributed by atoms with E-state index in [4.69, 9.17) is 4.74 Å². The number of halogens is 1. The number of anilines is 1. The van der Waals surface area contributed by atoms with Gasteiger partial charge in [0.15, 0.2) is 3.92 Å². The van der Waals surface area contributed by atoms with Gasteiger partial charge in [-0.05, 0) is 22.4 Å². The molecule has 0 unspecified atom stereocenters. The molecule has 13 heavy (non-hydrogen) atoms. The minimum absolute atomic E-state index is 0.789. The third kappa shape index (κ3) is 2.38. The number of nitrogens with zero attached hydrogens (tertiary/aromatic N) is 3. The smallest absolute Gasteiger partial charge is 0.209 e. The molecule has 1 saturated heterocycles. The molecule has 0 amide bonds. The lowest BCUT2D eigenvalue weighted by Gasteiger charge is -2.16. The number of hydrogen-bond acceptors (Lipinski definition) is 5. The lowest BCUT2D eigenvalue weighted by atomic mass is 10.4. The van der Waals surface area contributed by atoms with E-state index in [1.165, 1.54) is 0 Å². The zero-order valence-electron chi connectivity index (χ0n) is 7.07. The Morgan fingerprint density at radius 1 is 1.31 bits per heavy atom. The number of aromatic nitrogens is 2. The summed E-state index contributed by atoms with van der Waals surface area (Å²) < 4.78 is 6.20. The first-order valence-electron chi connectivity index (χ1n) is 4.18. The van der Waals surface area contributed by atoms with Crippen LogP contribution in [0, 0.1) is 0 Å². The molecule has 72 valence electrons. The maximum absolute atomic E-state index is 5.36. The van der Waals surface area contributed by atoms with E-state index in [2.05, 4.69) is 31.0 Å². The normalized spacial score (nSPS) is 18.7. The van der Waals surface area contributed by atoms with Crippen LogP contribution in [0.15, 0.2) is 3.92 Å². The Balaban J connectivity index is 2.06. The molecule has 0 atom stereocenters. The van der Waals surface area contributed by atoms with Crippen molar-refractivity contribution in [1.82, 2.24) is 10.2 Å². The van der Waals surface area contributed by atoms with Gasteiger partial charge in [-0.1, -0.05) is 11.3 Å². The van der Waals surface area contributed by atoms with Gasteiger partial charge in [-0.2, -0.15) is 0 Å². The number of ether oxygens (including phenoxy) is 1. The molecule has 0 N–H and O–H groups in total. The predicted molar refractivity (Wildman–Crippen MR) is 55.3 cm³/mol. The molecule has 2 heterocycles. The van der Waals surface area contributed by atoms with Crippen LogP contribution in [0.25, 0.3) is 0 Å². The van der Waals surface area contributed by atoms with Gasteiger partial charge in [0, 0.05) is 19.7 Å². The van der Waals surface area contributed by atoms with Crippen LogP contribution < -0.4 is 4.90 Å². The monoisotopic (exact) mass is 263 g/mol. The molecule has 0 bridgehead atoms. The molecular formula is C7H10BrN3OS. The summed E-state index contributed by atoms with van der Waals surface area (Å²) in [6.45, 7) is 3.58. The lowest BCUT2D eigenvalue weighted by Crippen LogP contribution is -2.25. The standard InChI is InChI=1S/C7H10BrN3OS/c8-6-9-10-7(13-6)11-2-1-4-12-5-3-11/h1-5H2. The minimum atomic E-state index is 0.789. The van der Waals surface area contributed by atoms with Gasteiger partial charge >= 0.3 is 0 Å².